The molecular weight excluding hydrogens is 314 g/mol. The Labute approximate surface area is 148 Å². The van der Waals surface area contributed by atoms with E-state index in [1.54, 1.807) is 12.1 Å². The van der Waals surface area contributed by atoms with E-state index in [1.807, 2.05) is 30.3 Å². The zero-order chi connectivity index (χ0) is 17.6. The molecule has 132 valence electrons. The van der Waals surface area contributed by atoms with Crippen molar-refractivity contribution in [3.05, 3.63) is 65.2 Å². The number of nitrogens with one attached hydrogen (secondary N) is 1. The number of piperidine rings is 1. The number of anilines is 1. The number of carbonyl (C=O) groups excluding carboxylic acids is 1. The Morgan fingerprint density at radius 2 is 1.72 bits per heavy atom. The lowest BCUT2D eigenvalue weighted by molar-refractivity contribution is 0.0790. The summed E-state index contributed by atoms with van der Waals surface area (Å²) >= 11 is 0. The fourth-order valence-corrected chi connectivity index (χ4v) is 3.18. The van der Waals surface area contributed by atoms with Gasteiger partial charge in [0.25, 0.3) is 5.91 Å². The van der Waals surface area contributed by atoms with Gasteiger partial charge in [0.1, 0.15) is 0 Å². The number of hydrogen-bond acceptors (Lipinski definition) is 4. The maximum absolute atomic E-state index is 12.3. The van der Waals surface area contributed by atoms with Crippen molar-refractivity contribution in [1.29, 1.82) is 0 Å². The van der Waals surface area contributed by atoms with E-state index in [0.717, 1.165) is 38.0 Å². The molecule has 4 N–H and O–H groups in total. The second kappa shape index (κ2) is 8.14. The average molecular weight is 339 g/mol. The van der Waals surface area contributed by atoms with E-state index < -0.39 is 0 Å². The van der Waals surface area contributed by atoms with Crippen molar-refractivity contribution in [2.75, 3.05) is 18.8 Å². The molecule has 5 nitrogen and oxygen atoms in total. The van der Waals surface area contributed by atoms with Gasteiger partial charge in [0, 0.05) is 31.9 Å². The van der Waals surface area contributed by atoms with Crippen molar-refractivity contribution in [3.8, 4) is 0 Å². The van der Waals surface area contributed by atoms with E-state index in [4.69, 9.17) is 5.73 Å². The van der Waals surface area contributed by atoms with Crippen LogP contribution in [0.15, 0.2) is 48.5 Å². The molecule has 1 heterocycles. The molecule has 5 heteroatoms. The minimum atomic E-state index is -0.165. The molecule has 0 bridgehead atoms. The van der Waals surface area contributed by atoms with Crippen LogP contribution in [0.1, 0.15) is 34.3 Å². The lowest BCUT2D eigenvalue weighted by Crippen LogP contribution is -2.35. The third-order valence-corrected chi connectivity index (χ3v) is 4.71. The number of hydrogen-bond donors (Lipinski definition) is 3. The number of para-hydroxylation sites is 1. The SMILES string of the molecule is Nc1ccccc1C(=O)NCc1ccccc1CN1CCC(O)CC1. The smallest absolute Gasteiger partial charge is 0.253 e. The van der Waals surface area contributed by atoms with Crippen LogP contribution < -0.4 is 11.1 Å². The van der Waals surface area contributed by atoms with Gasteiger partial charge in [-0.25, -0.2) is 0 Å². The predicted molar refractivity (Wildman–Crippen MR) is 99.0 cm³/mol. The molecule has 0 atom stereocenters. The largest absolute Gasteiger partial charge is 0.398 e. The van der Waals surface area contributed by atoms with Gasteiger partial charge in [0.05, 0.1) is 11.7 Å². The first-order valence-electron chi connectivity index (χ1n) is 8.73. The number of likely N-dealkylation sites (tertiary alicyclic amines) is 1. The molecule has 1 amide bonds. The summed E-state index contributed by atoms with van der Waals surface area (Å²) in [6.45, 7) is 3.12. The molecule has 0 aliphatic carbocycles. The highest BCUT2D eigenvalue weighted by molar-refractivity contribution is 5.99. The minimum absolute atomic E-state index is 0.158. The van der Waals surface area contributed by atoms with Gasteiger partial charge < -0.3 is 16.2 Å². The number of benzene rings is 2. The van der Waals surface area contributed by atoms with E-state index in [2.05, 4.69) is 16.3 Å². The summed E-state index contributed by atoms with van der Waals surface area (Å²) in [5, 5.41) is 12.6. The number of aliphatic hydroxyl groups excluding tert-OH is 1. The first-order valence-corrected chi connectivity index (χ1v) is 8.73. The highest BCUT2D eigenvalue weighted by Gasteiger charge is 2.18. The molecule has 3 rings (SSSR count). The highest BCUT2D eigenvalue weighted by atomic mass is 16.3. The van der Waals surface area contributed by atoms with Crippen LogP contribution >= 0.6 is 0 Å². The molecule has 1 aliphatic rings. The van der Waals surface area contributed by atoms with Crippen LogP contribution in [0.3, 0.4) is 0 Å². The number of aliphatic hydroxyl groups is 1. The Morgan fingerprint density at radius 1 is 1.08 bits per heavy atom. The number of rotatable bonds is 5. The molecule has 0 aromatic heterocycles. The molecule has 2 aromatic carbocycles. The van der Waals surface area contributed by atoms with Crippen molar-refractivity contribution in [1.82, 2.24) is 10.2 Å². The molecule has 1 aliphatic heterocycles. The number of amides is 1. The van der Waals surface area contributed by atoms with E-state index in [1.165, 1.54) is 5.56 Å². The monoisotopic (exact) mass is 339 g/mol. The molecule has 0 saturated carbocycles. The van der Waals surface area contributed by atoms with Crippen LogP contribution in [0.4, 0.5) is 5.69 Å². The summed E-state index contributed by atoms with van der Waals surface area (Å²) in [5.74, 6) is -0.158. The van der Waals surface area contributed by atoms with Crippen molar-refractivity contribution < 1.29 is 9.90 Å². The van der Waals surface area contributed by atoms with Gasteiger partial charge >= 0.3 is 0 Å². The van der Waals surface area contributed by atoms with Crippen LogP contribution in [-0.2, 0) is 13.1 Å². The van der Waals surface area contributed by atoms with E-state index in [0.29, 0.717) is 17.8 Å². The summed E-state index contributed by atoms with van der Waals surface area (Å²) in [6.07, 6.45) is 1.49. The molecule has 0 unspecified atom stereocenters. The summed E-state index contributed by atoms with van der Waals surface area (Å²) in [6, 6.07) is 15.2. The van der Waals surface area contributed by atoms with E-state index in [-0.39, 0.29) is 12.0 Å². The van der Waals surface area contributed by atoms with Crippen LogP contribution in [0, 0.1) is 0 Å². The number of nitrogen functional groups attached to an aromatic ring is 1. The Hall–Kier alpha value is -2.37. The number of nitrogens with two attached hydrogens (primary N) is 1. The second-order valence-corrected chi connectivity index (χ2v) is 6.55. The first-order chi connectivity index (χ1) is 12.1. The Morgan fingerprint density at radius 3 is 2.44 bits per heavy atom. The van der Waals surface area contributed by atoms with Crippen LogP contribution in [0.2, 0.25) is 0 Å². The fourth-order valence-electron chi connectivity index (χ4n) is 3.18. The van der Waals surface area contributed by atoms with Gasteiger partial charge in [0.15, 0.2) is 0 Å². The maximum Gasteiger partial charge on any atom is 0.253 e. The standard InChI is InChI=1S/C20H25N3O2/c21-19-8-4-3-7-18(19)20(25)22-13-15-5-1-2-6-16(15)14-23-11-9-17(24)10-12-23/h1-8,17,24H,9-14,21H2,(H,22,25). The lowest BCUT2D eigenvalue weighted by Gasteiger charge is -2.30. The van der Waals surface area contributed by atoms with Gasteiger partial charge in [0.2, 0.25) is 0 Å². The summed E-state index contributed by atoms with van der Waals surface area (Å²) < 4.78 is 0. The zero-order valence-electron chi connectivity index (χ0n) is 14.3. The minimum Gasteiger partial charge on any atom is -0.398 e. The van der Waals surface area contributed by atoms with Crippen molar-refractivity contribution >= 4 is 11.6 Å². The van der Waals surface area contributed by atoms with Crippen LogP contribution in [0.5, 0.6) is 0 Å². The Bertz CT molecular complexity index is 724. The summed E-state index contributed by atoms with van der Waals surface area (Å²) in [7, 11) is 0. The molecule has 25 heavy (non-hydrogen) atoms. The van der Waals surface area contributed by atoms with Gasteiger partial charge in [-0.1, -0.05) is 36.4 Å². The van der Waals surface area contributed by atoms with Gasteiger partial charge in [-0.2, -0.15) is 0 Å². The fraction of sp³-hybridized carbons (Fsp3) is 0.350. The Balaban J connectivity index is 1.63. The Kier molecular flexibility index (Phi) is 5.68. The third-order valence-electron chi connectivity index (χ3n) is 4.71. The topological polar surface area (TPSA) is 78.6 Å². The number of nitrogens with zero attached hydrogens (tertiary/aromatic N) is 1. The molecular formula is C20H25N3O2. The van der Waals surface area contributed by atoms with Gasteiger partial charge in [-0.05, 0) is 36.1 Å². The number of carbonyl (C=O) groups is 1. The molecule has 2 aromatic rings. The summed E-state index contributed by atoms with van der Waals surface area (Å²) in [5.41, 5.74) is 9.17. The molecule has 0 radical (unpaired) electrons. The molecule has 1 fully saturated rings. The van der Waals surface area contributed by atoms with Gasteiger partial charge in [-0.15, -0.1) is 0 Å². The van der Waals surface area contributed by atoms with E-state index in [9.17, 15) is 9.90 Å². The van der Waals surface area contributed by atoms with Crippen molar-refractivity contribution in [3.63, 3.8) is 0 Å². The van der Waals surface area contributed by atoms with Crippen LogP contribution in [-0.4, -0.2) is 35.1 Å². The van der Waals surface area contributed by atoms with Crippen molar-refractivity contribution in [2.24, 2.45) is 0 Å². The lowest BCUT2D eigenvalue weighted by atomic mass is 10.0. The highest BCUT2D eigenvalue weighted by Crippen LogP contribution is 2.17. The first kappa shape index (κ1) is 17.5. The molecule has 1 saturated heterocycles. The summed E-state index contributed by atoms with van der Waals surface area (Å²) in [4.78, 5) is 14.7. The quantitative estimate of drug-likeness (QED) is 0.730. The zero-order valence-corrected chi connectivity index (χ0v) is 14.3. The maximum atomic E-state index is 12.3. The predicted octanol–water partition coefficient (Wildman–Crippen LogP) is 2.16. The van der Waals surface area contributed by atoms with Crippen molar-refractivity contribution in [2.45, 2.75) is 32.0 Å². The average Bonchev–Trinajstić information content (AvgIpc) is 2.63. The van der Waals surface area contributed by atoms with E-state index >= 15 is 0 Å². The molecule has 0 spiro atoms. The van der Waals surface area contributed by atoms with Crippen LogP contribution in [0.25, 0.3) is 0 Å². The second-order valence-electron chi connectivity index (χ2n) is 6.55. The third kappa shape index (κ3) is 4.59. The van der Waals surface area contributed by atoms with Gasteiger partial charge in [-0.3, -0.25) is 9.69 Å². The normalized spacial score (nSPS) is 15.9.